The minimum Gasteiger partial charge on any atom is -0.508 e. The van der Waals surface area contributed by atoms with Crippen LogP contribution in [0.2, 0.25) is 0 Å². The van der Waals surface area contributed by atoms with Gasteiger partial charge in [0.2, 0.25) is 5.91 Å². The first-order valence-electron chi connectivity index (χ1n) is 6.73. The molecule has 1 fully saturated rings. The summed E-state index contributed by atoms with van der Waals surface area (Å²) in [6, 6.07) is 6.72. The summed E-state index contributed by atoms with van der Waals surface area (Å²) in [5, 5.41) is 9.38. The van der Waals surface area contributed by atoms with Gasteiger partial charge in [0.1, 0.15) is 5.75 Å². The summed E-state index contributed by atoms with van der Waals surface area (Å²) in [6.07, 6.45) is 1.58. The summed E-state index contributed by atoms with van der Waals surface area (Å²) in [7, 11) is 1.39. The molecular formula is C15H19NO4. The standard InChI is InChI=1S/C15H19NO4/c1-20-15(19)12-5-7-16(8-6-12)14(18)10-11-3-2-4-13(17)9-11/h2-4,9,12,17H,5-8,10H2,1H3. The second-order valence-corrected chi connectivity index (χ2v) is 5.02. The maximum Gasteiger partial charge on any atom is 0.308 e. The molecule has 1 amide bonds. The van der Waals surface area contributed by atoms with Crippen molar-refractivity contribution in [1.29, 1.82) is 0 Å². The second-order valence-electron chi connectivity index (χ2n) is 5.02. The molecule has 108 valence electrons. The minimum absolute atomic E-state index is 0.0268. The molecule has 1 aromatic rings. The average molecular weight is 277 g/mol. The van der Waals surface area contributed by atoms with Gasteiger partial charge in [-0.3, -0.25) is 9.59 Å². The molecule has 0 aliphatic carbocycles. The van der Waals surface area contributed by atoms with Gasteiger partial charge in [0.15, 0.2) is 0 Å². The van der Waals surface area contributed by atoms with Gasteiger partial charge in [0, 0.05) is 13.1 Å². The van der Waals surface area contributed by atoms with Crippen LogP contribution < -0.4 is 0 Å². The number of benzene rings is 1. The SMILES string of the molecule is COC(=O)C1CCN(C(=O)Cc2cccc(O)c2)CC1. The van der Waals surface area contributed by atoms with Crippen LogP contribution in [0.3, 0.4) is 0 Å². The van der Waals surface area contributed by atoms with E-state index in [0.717, 1.165) is 5.56 Å². The number of aromatic hydroxyl groups is 1. The van der Waals surface area contributed by atoms with Gasteiger partial charge in [0.05, 0.1) is 19.4 Å². The number of ether oxygens (including phenoxy) is 1. The number of methoxy groups -OCH3 is 1. The van der Waals surface area contributed by atoms with Crippen LogP contribution in [-0.2, 0) is 20.7 Å². The van der Waals surface area contributed by atoms with Crippen molar-refractivity contribution in [3.8, 4) is 5.75 Å². The summed E-state index contributed by atoms with van der Waals surface area (Å²) < 4.78 is 4.72. The first-order valence-corrected chi connectivity index (χ1v) is 6.73. The van der Waals surface area contributed by atoms with Crippen molar-refractivity contribution in [3.05, 3.63) is 29.8 Å². The molecule has 0 radical (unpaired) electrons. The van der Waals surface area contributed by atoms with Crippen molar-refractivity contribution in [2.75, 3.05) is 20.2 Å². The number of hydrogen-bond donors (Lipinski definition) is 1. The van der Waals surface area contributed by atoms with Crippen molar-refractivity contribution in [3.63, 3.8) is 0 Å². The number of carbonyl (C=O) groups is 2. The molecule has 1 aromatic carbocycles. The smallest absolute Gasteiger partial charge is 0.308 e. The third kappa shape index (κ3) is 3.50. The highest BCUT2D eigenvalue weighted by Gasteiger charge is 2.27. The predicted molar refractivity (Wildman–Crippen MR) is 73.1 cm³/mol. The maximum atomic E-state index is 12.2. The van der Waals surface area contributed by atoms with Crippen LogP contribution in [0.25, 0.3) is 0 Å². The van der Waals surface area contributed by atoms with Gasteiger partial charge in [-0.25, -0.2) is 0 Å². The molecule has 0 bridgehead atoms. The lowest BCUT2D eigenvalue weighted by Crippen LogP contribution is -2.41. The fourth-order valence-electron chi connectivity index (χ4n) is 2.48. The van der Waals surface area contributed by atoms with Gasteiger partial charge in [0.25, 0.3) is 0 Å². The zero-order valence-electron chi connectivity index (χ0n) is 11.5. The highest BCUT2D eigenvalue weighted by molar-refractivity contribution is 5.79. The topological polar surface area (TPSA) is 66.8 Å². The number of phenolic OH excluding ortho intramolecular Hbond substituents is 1. The van der Waals surface area contributed by atoms with Crippen molar-refractivity contribution in [1.82, 2.24) is 4.90 Å². The zero-order chi connectivity index (χ0) is 14.5. The van der Waals surface area contributed by atoms with E-state index in [-0.39, 0.29) is 30.0 Å². The van der Waals surface area contributed by atoms with Crippen LogP contribution in [0, 0.1) is 5.92 Å². The number of amides is 1. The number of phenols is 1. The quantitative estimate of drug-likeness (QED) is 0.847. The van der Waals surface area contributed by atoms with Gasteiger partial charge in [-0.05, 0) is 30.5 Å². The Balaban J connectivity index is 1.87. The van der Waals surface area contributed by atoms with E-state index in [4.69, 9.17) is 4.74 Å². The molecule has 1 aliphatic heterocycles. The van der Waals surface area contributed by atoms with Crippen molar-refractivity contribution in [2.24, 2.45) is 5.92 Å². The number of hydrogen-bond acceptors (Lipinski definition) is 4. The molecule has 20 heavy (non-hydrogen) atoms. The fourth-order valence-corrected chi connectivity index (χ4v) is 2.48. The lowest BCUT2D eigenvalue weighted by atomic mass is 9.96. The summed E-state index contributed by atoms with van der Waals surface area (Å²) in [4.78, 5) is 25.3. The van der Waals surface area contributed by atoms with E-state index in [2.05, 4.69) is 0 Å². The third-order valence-corrected chi connectivity index (χ3v) is 3.65. The molecule has 1 aliphatic rings. The summed E-state index contributed by atoms with van der Waals surface area (Å²) in [5.74, 6) is -0.0893. The zero-order valence-corrected chi connectivity index (χ0v) is 11.5. The Kier molecular flexibility index (Phi) is 4.61. The van der Waals surface area contributed by atoms with Gasteiger partial charge >= 0.3 is 5.97 Å². The van der Waals surface area contributed by atoms with E-state index in [0.29, 0.717) is 25.9 Å². The molecular weight excluding hydrogens is 258 g/mol. The Morgan fingerprint density at radius 3 is 2.65 bits per heavy atom. The van der Waals surface area contributed by atoms with Crippen LogP contribution in [0.4, 0.5) is 0 Å². The van der Waals surface area contributed by atoms with E-state index < -0.39 is 0 Å². The van der Waals surface area contributed by atoms with Crippen LogP contribution >= 0.6 is 0 Å². The summed E-state index contributed by atoms with van der Waals surface area (Å²) in [6.45, 7) is 1.16. The lowest BCUT2D eigenvalue weighted by molar-refractivity contribution is -0.148. The molecule has 1 heterocycles. The minimum atomic E-state index is -0.190. The van der Waals surface area contributed by atoms with Gasteiger partial charge in [-0.15, -0.1) is 0 Å². The normalized spacial score (nSPS) is 15.9. The summed E-state index contributed by atoms with van der Waals surface area (Å²) >= 11 is 0. The second kappa shape index (κ2) is 6.41. The molecule has 0 aromatic heterocycles. The molecule has 0 unspecified atom stereocenters. The molecule has 5 nitrogen and oxygen atoms in total. The highest BCUT2D eigenvalue weighted by atomic mass is 16.5. The Morgan fingerprint density at radius 1 is 1.35 bits per heavy atom. The molecule has 0 atom stereocenters. The number of carbonyl (C=O) groups excluding carboxylic acids is 2. The van der Waals surface area contributed by atoms with Gasteiger partial charge in [-0.1, -0.05) is 12.1 Å². The number of nitrogens with zero attached hydrogens (tertiary/aromatic N) is 1. The molecule has 1 N–H and O–H groups in total. The summed E-state index contributed by atoms with van der Waals surface area (Å²) in [5.41, 5.74) is 0.796. The highest BCUT2D eigenvalue weighted by Crippen LogP contribution is 2.20. The van der Waals surface area contributed by atoms with E-state index >= 15 is 0 Å². The average Bonchev–Trinajstić information content (AvgIpc) is 2.46. The van der Waals surface area contributed by atoms with Crippen LogP contribution in [0.15, 0.2) is 24.3 Å². The van der Waals surface area contributed by atoms with E-state index in [1.54, 1.807) is 23.1 Å². The van der Waals surface area contributed by atoms with Crippen molar-refractivity contribution < 1.29 is 19.4 Å². The van der Waals surface area contributed by atoms with Gasteiger partial charge in [-0.2, -0.15) is 0 Å². The maximum absolute atomic E-state index is 12.2. The lowest BCUT2D eigenvalue weighted by Gasteiger charge is -2.30. The molecule has 0 spiro atoms. The Labute approximate surface area is 118 Å². The van der Waals surface area contributed by atoms with E-state index in [9.17, 15) is 14.7 Å². The first-order chi connectivity index (χ1) is 9.60. The number of piperidine rings is 1. The van der Waals surface area contributed by atoms with Crippen molar-refractivity contribution >= 4 is 11.9 Å². The van der Waals surface area contributed by atoms with E-state index in [1.165, 1.54) is 7.11 Å². The number of esters is 1. The van der Waals surface area contributed by atoms with Crippen LogP contribution in [0.5, 0.6) is 5.75 Å². The van der Waals surface area contributed by atoms with E-state index in [1.807, 2.05) is 6.07 Å². The fraction of sp³-hybridized carbons (Fsp3) is 0.467. The van der Waals surface area contributed by atoms with Crippen molar-refractivity contribution in [2.45, 2.75) is 19.3 Å². The molecule has 1 saturated heterocycles. The first kappa shape index (κ1) is 14.4. The molecule has 2 rings (SSSR count). The monoisotopic (exact) mass is 277 g/mol. The number of rotatable bonds is 3. The number of likely N-dealkylation sites (tertiary alicyclic amines) is 1. The van der Waals surface area contributed by atoms with Crippen LogP contribution in [0.1, 0.15) is 18.4 Å². The predicted octanol–water partition coefficient (Wildman–Crippen LogP) is 1.35. The molecule has 0 saturated carbocycles. The third-order valence-electron chi connectivity index (χ3n) is 3.65. The largest absolute Gasteiger partial charge is 0.508 e. The Hall–Kier alpha value is -2.04. The van der Waals surface area contributed by atoms with Crippen LogP contribution in [-0.4, -0.2) is 42.1 Å². The van der Waals surface area contributed by atoms with Gasteiger partial charge < -0.3 is 14.7 Å². The Morgan fingerprint density at radius 2 is 2.05 bits per heavy atom. The Bertz CT molecular complexity index is 492. The molecule has 5 heteroatoms.